The number of hydrogen-bond acceptors (Lipinski definition) is 6. The number of carbonyl (C=O) groups is 1. The number of carbonyl (C=O) groups excluding carboxylic acids is 1. The van der Waals surface area contributed by atoms with Crippen LogP contribution in [0, 0.1) is 5.41 Å². The number of aromatic nitrogens is 2. The first-order valence-electron chi connectivity index (χ1n) is 9.23. The van der Waals surface area contributed by atoms with Crippen LogP contribution in [-0.2, 0) is 18.3 Å². The topological polar surface area (TPSA) is 104 Å². The number of nitrogens with one attached hydrogen (secondary N) is 3. The Morgan fingerprint density at radius 3 is 2.90 bits per heavy atom. The average Bonchev–Trinajstić information content (AvgIpc) is 3.23. The number of amides is 1. The van der Waals surface area contributed by atoms with Gasteiger partial charge in [-0.05, 0) is 32.1 Å². The molecule has 0 unspecified atom stereocenters. The normalized spacial score (nSPS) is 17.9. The van der Waals surface area contributed by atoms with Gasteiger partial charge in [0.1, 0.15) is 23.0 Å². The summed E-state index contributed by atoms with van der Waals surface area (Å²) in [6, 6.07) is 3.84. The van der Waals surface area contributed by atoms with Gasteiger partial charge < -0.3 is 25.3 Å². The van der Waals surface area contributed by atoms with Crippen LogP contribution in [0.4, 0.5) is 5.69 Å². The Kier molecular flexibility index (Phi) is 4.54. The smallest absolute Gasteiger partial charge is 0.260 e. The van der Waals surface area contributed by atoms with Crippen molar-refractivity contribution in [2.45, 2.75) is 25.9 Å². The molecule has 1 aromatic carbocycles. The number of fused-ring (bicyclic) bond motifs is 1. The Balaban J connectivity index is 1.76. The number of rotatable bonds is 4. The highest BCUT2D eigenvalue weighted by Crippen LogP contribution is 2.41. The van der Waals surface area contributed by atoms with Crippen LogP contribution in [0.2, 0.25) is 0 Å². The molecule has 0 saturated carbocycles. The number of anilines is 1. The number of ether oxygens (including phenoxy) is 1. The molecule has 3 heterocycles. The van der Waals surface area contributed by atoms with Crippen molar-refractivity contribution in [1.82, 2.24) is 14.9 Å². The molecule has 1 amide bonds. The second-order valence-corrected chi connectivity index (χ2v) is 7.55. The van der Waals surface area contributed by atoms with E-state index in [9.17, 15) is 4.79 Å². The monoisotopic (exact) mass is 390 g/mol. The number of hydrogen-bond donors (Lipinski definition) is 3. The molecule has 0 atom stereocenters. The maximum Gasteiger partial charge on any atom is 0.260 e. The molecule has 2 aliphatic heterocycles. The van der Waals surface area contributed by atoms with Crippen molar-refractivity contribution in [2.75, 3.05) is 5.32 Å². The van der Waals surface area contributed by atoms with E-state index in [1.54, 1.807) is 24.7 Å². The van der Waals surface area contributed by atoms with Crippen LogP contribution in [0.3, 0.4) is 0 Å². The lowest BCUT2D eigenvalue weighted by atomic mass is 9.99. The molecule has 0 fully saturated rings. The number of benzene rings is 1. The quantitative estimate of drug-likeness (QED) is 0.551. The summed E-state index contributed by atoms with van der Waals surface area (Å²) in [5, 5.41) is 13.5. The summed E-state index contributed by atoms with van der Waals surface area (Å²) in [5.41, 5.74) is 2.20. The first-order valence-corrected chi connectivity index (χ1v) is 9.23. The van der Waals surface area contributed by atoms with E-state index in [4.69, 9.17) is 10.1 Å². The molecule has 3 N–H and O–H groups in total. The van der Waals surface area contributed by atoms with E-state index in [-0.39, 0.29) is 11.2 Å². The zero-order valence-corrected chi connectivity index (χ0v) is 16.5. The summed E-state index contributed by atoms with van der Waals surface area (Å²) in [6.07, 6.45) is 10.2. The summed E-state index contributed by atoms with van der Waals surface area (Å²) in [6.45, 7) is 4.06. The van der Waals surface area contributed by atoms with Gasteiger partial charge in [-0.2, -0.15) is 0 Å². The van der Waals surface area contributed by atoms with Crippen LogP contribution in [0.1, 0.15) is 19.4 Å². The molecule has 4 rings (SSSR count). The van der Waals surface area contributed by atoms with E-state index in [2.05, 4.69) is 20.6 Å². The molecule has 29 heavy (non-hydrogen) atoms. The third kappa shape index (κ3) is 3.56. The van der Waals surface area contributed by atoms with Gasteiger partial charge in [0.15, 0.2) is 0 Å². The van der Waals surface area contributed by atoms with E-state index < -0.39 is 5.91 Å². The third-order valence-electron chi connectivity index (χ3n) is 4.76. The highest BCUT2D eigenvalue weighted by atomic mass is 16.5. The van der Waals surface area contributed by atoms with E-state index in [1.165, 1.54) is 0 Å². The maximum atomic E-state index is 13.0. The Morgan fingerprint density at radius 1 is 1.41 bits per heavy atom. The van der Waals surface area contributed by atoms with Crippen molar-refractivity contribution in [1.29, 1.82) is 5.41 Å². The van der Waals surface area contributed by atoms with Crippen molar-refractivity contribution < 1.29 is 9.53 Å². The van der Waals surface area contributed by atoms with Crippen LogP contribution in [-0.4, -0.2) is 33.5 Å². The molecular formula is C21H22N6O2. The summed E-state index contributed by atoms with van der Waals surface area (Å²) in [5.74, 6) is 1.39. The standard InChI is InChI=1S/C21H22N6O2/c1-21(2)11-13-9-16(14(10-17(13)29-21)19-25-7-8-27(19)3)26-20(28)15(12-22)18-23-5-4-6-24-18/h4-10,12,22-23H,11H2,1-3H3,(H,26,28)/b18-15-,22-12?. The van der Waals surface area contributed by atoms with Gasteiger partial charge in [0, 0.05) is 55.6 Å². The fraction of sp³-hybridized carbons (Fsp3) is 0.238. The SMILES string of the molecule is Cn1ccnc1-c1cc2c(cc1NC(=O)/C(C=N)=C1\N=CC=CN1)CC(C)(C)O2. The molecule has 0 bridgehead atoms. The van der Waals surface area contributed by atoms with Gasteiger partial charge in [0.25, 0.3) is 5.91 Å². The molecule has 2 aromatic rings. The zero-order valence-electron chi connectivity index (χ0n) is 16.5. The predicted molar refractivity (Wildman–Crippen MR) is 112 cm³/mol. The molecule has 2 aliphatic rings. The Labute approximate surface area is 168 Å². The lowest BCUT2D eigenvalue weighted by Gasteiger charge is -2.17. The fourth-order valence-electron chi connectivity index (χ4n) is 3.47. The van der Waals surface area contributed by atoms with Gasteiger partial charge in [-0.3, -0.25) is 4.79 Å². The molecule has 8 nitrogen and oxygen atoms in total. The lowest BCUT2D eigenvalue weighted by Crippen LogP contribution is -2.24. The lowest BCUT2D eigenvalue weighted by molar-refractivity contribution is -0.112. The average molecular weight is 390 g/mol. The van der Waals surface area contributed by atoms with Crippen LogP contribution in [0.25, 0.3) is 11.4 Å². The zero-order chi connectivity index (χ0) is 20.6. The van der Waals surface area contributed by atoms with Crippen molar-refractivity contribution >= 4 is 24.0 Å². The Bertz CT molecular complexity index is 1090. The molecule has 0 aliphatic carbocycles. The predicted octanol–water partition coefficient (Wildman–Crippen LogP) is 2.79. The molecule has 148 valence electrons. The van der Waals surface area contributed by atoms with Gasteiger partial charge >= 0.3 is 0 Å². The van der Waals surface area contributed by atoms with Crippen LogP contribution in [0.15, 0.2) is 53.2 Å². The van der Waals surface area contributed by atoms with Crippen molar-refractivity contribution in [3.63, 3.8) is 0 Å². The summed E-state index contributed by atoms with van der Waals surface area (Å²) in [4.78, 5) is 21.5. The minimum Gasteiger partial charge on any atom is -0.487 e. The van der Waals surface area contributed by atoms with E-state index in [1.807, 2.05) is 43.8 Å². The first kappa shape index (κ1) is 18.7. The maximum absolute atomic E-state index is 13.0. The van der Waals surface area contributed by atoms with Crippen LogP contribution in [0.5, 0.6) is 5.75 Å². The highest BCUT2D eigenvalue weighted by Gasteiger charge is 2.32. The van der Waals surface area contributed by atoms with Crippen molar-refractivity contribution in [2.24, 2.45) is 12.0 Å². The second-order valence-electron chi connectivity index (χ2n) is 7.55. The largest absolute Gasteiger partial charge is 0.487 e. The molecule has 1 aromatic heterocycles. The molecule has 0 spiro atoms. The second kappa shape index (κ2) is 7.05. The summed E-state index contributed by atoms with van der Waals surface area (Å²) >= 11 is 0. The highest BCUT2D eigenvalue weighted by molar-refractivity contribution is 6.18. The van der Waals surface area contributed by atoms with Crippen molar-refractivity contribution in [3.8, 4) is 17.1 Å². The number of nitrogens with zero attached hydrogens (tertiary/aromatic N) is 3. The van der Waals surface area contributed by atoms with Gasteiger partial charge in [-0.1, -0.05) is 0 Å². The Hall–Kier alpha value is -3.68. The summed E-state index contributed by atoms with van der Waals surface area (Å²) < 4.78 is 7.94. The van der Waals surface area contributed by atoms with Gasteiger partial charge in [-0.25, -0.2) is 9.98 Å². The van der Waals surface area contributed by atoms with Crippen molar-refractivity contribution in [3.05, 3.63) is 53.8 Å². The summed E-state index contributed by atoms with van der Waals surface area (Å²) in [7, 11) is 1.89. The fourth-order valence-corrected chi connectivity index (χ4v) is 3.47. The van der Waals surface area contributed by atoms with Crippen LogP contribution >= 0.6 is 0 Å². The van der Waals surface area contributed by atoms with E-state index >= 15 is 0 Å². The Morgan fingerprint density at radius 2 is 2.24 bits per heavy atom. The minimum atomic E-state index is -0.427. The van der Waals surface area contributed by atoms with Crippen LogP contribution < -0.4 is 15.4 Å². The van der Waals surface area contributed by atoms with E-state index in [0.29, 0.717) is 17.3 Å². The number of allylic oxidation sites excluding steroid dienone is 1. The molecule has 8 heteroatoms. The van der Waals surface area contributed by atoms with Gasteiger partial charge in [0.2, 0.25) is 0 Å². The minimum absolute atomic E-state index is 0.133. The third-order valence-corrected chi connectivity index (χ3v) is 4.76. The number of imidazole rings is 1. The number of aliphatic imine (C=N–C) groups is 1. The molecule has 0 radical (unpaired) electrons. The van der Waals surface area contributed by atoms with Gasteiger partial charge in [-0.15, -0.1) is 0 Å². The molecular weight excluding hydrogens is 368 g/mol. The first-order chi connectivity index (χ1) is 13.9. The van der Waals surface area contributed by atoms with E-state index in [0.717, 1.165) is 29.5 Å². The number of aryl methyl sites for hydroxylation is 1. The molecule has 0 saturated heterocycles. The van der Waals surface area contributed by atoms with Gasteiger partial charge in [0.05, 0.1) is 11.3 Å².